The maximum absolute atomic E-state index is 2.46. The maximum Gasteiger partial charge on any atom is 0.0540 e. The Morgan fingerprint density at radius 3 is 1.82 bits per heavy atom. The summed E-state index contributed by atoms with van der Waals surface area (Å²) in [6, 6.07) is 70.1. The standard InChI is InChI=1S/C56H43N/c1-55(2)49-33-27-40(36-14-6-5-7-15-36)34-47(49)54-44(31-26-39-18-12-22-50(55)53(39)54)38-24-28-41(29-25-38)57(52-23-13-17-37-16-8-9-19-43(37)52)42-30-32-46-45-20-10-11-21-48(45)56(3,4)51(46)35-42/h5-35H,1-4H3. The molecular formula is C56H43N. The Morgan fingerprint density at radius 2 is 0.965 bits per heavy atom. The van der Waals surface area contributed by atoms with Crippen LogP contribution in [-0.2, 0) is 10.8 Å². The van der Waals surface area contributed by atoms with Crippen LogP contribution in [0.5, 0.6) is 0 Å². The Labute approximate surface area is 335 Å². The van der Waals surface area contributed by atoms with Gasteiger partial charge >= 0.3 is 0 Å². The van der Waals surface area contributed by atoms with Crippen molar-refractivity contribution >= 4 is 38.6 Å². The van der Waals surface area contributed by atoms with Crippen molar-refractivity contribution < 1.29 is 0 Å². The molecule has 0 saturated carbocycles. The van der Waals surface area contributed by atoms with Gasteiger partial charge in [-0.05, 0) is 119 Å². The minimum Gasteiger partial charge on any atom is -0.310 e. The van der Waals surface area contributed by atoms with Crippen LogP contribution in [0.1, 0.15) is 49.9 Å². The molecule has 272 valence electrons. The highest BCUT2D eigenvalue weighted by Crippen LogP contribution is 2.54. The second-order valence-corrected chi connectivity index (χ2v) is 16.9. The van der Waals surface area contributed by atoms with Crippen LogP contribution in [0.2, 0.25) is 0 Å². The first-order valence-corrected chi connectivity index (χ1v) is 20.2. The molecule has 0 N–H and O–H groups in total. The highest BCUT2D eigenvalue weighted by Gasteiger charge is 2.37. The second-order valence-electron chi connectivity index (χ2n) is 16.9. The molecular weight excluding hydrogens is 687 g/mol. The van der Waals surface area contributed by atoms with E-state index >= 15 is 0 Å². The summed E-state index contributed by atoms with van der Waals surface area (Å²) < 4.78 is 0. The van der Waals surface area contributed by atoms with Gasteiger partial charge in [0.1, 0.15) is 0 Å². The normalized spacial score (nSPS) is 14.2. The van der Waals surface area contributed by atoms with E-state index in [-0.39, 0.29) is 10.8 Å². The average molecular weight is 730 g/mol. The van der Waals surface area contributed by atoms with Gasteiger partial charge in [0.2, 0.25) is 0 Å². The molecule has 1 nitrogen and oxygen atoms in total. The van der Waals surface area contributed by atoms with Crippen molar-refractivity contribution in [1.29, 1.82) is 0 Å². The lowest BCUT2D eigenvalue weighted by Gasteiger charge is -2.36. The fourth-order valence-electron chi connectivity index (χ4n) is 10.1. The van der Waals surface area contributed by atoms with Gasteiger partial charge < -0.3 is 4.90 Å². The highest BCUT2D eigenvalue weighted by molar-refractivity contribution is 6.10. The van der Waals surface area contributed by atoms with Crippen molar-refractivity contribution in [3.05, 3.63) is 210 Å². The van der Waals surface area contributed by atoms with Crippen molar-refractivity contribution in [3.8, 4) is 44.5 Å². The zero-order valence-electron chi connectivity index (χ0n) is 32.8. The smallest absolute Gasteiger partial charge is 0.0540 e. The van der Waals surface area contributed by atoms with Crippen molar-refractivity contribution in [2.45, 2.75) is 38.5 Å². The Balaban J connectivity index is 1.09. The van der Waals surface area contributed by atoms with E-state index in [2.05, 4.69) is 221 Å². The Morgan fingerprint density at radius 1 is 0.351 bits per heavy atom. The van der Waals surface area contributed by atoms with E-state index in [1.165, 1.54) is 94.0 Å². The van der Waals surface area contributed by atoms with Gasteiger partial charge in [-0.1, -0.05) is 179 Å². The van der Waals surface area contributed by atoms with Gasteiger partial charge in [-0.2, -0.15) is 0 Å². The van der Waals surface area contributed by atoms with Crippen LogP contribution < -0.4 is 4.90 Å². The van der Waals surface area contributed by atoms with Crippen molar-refractivity contribution in [1.82, 2.24) is 0 Å². The minimum absolute atomic E-state index is 0.0994. The molecule has 0 spiro atoms. The van der Waals surface area contributed by atoms with Gasteiger partial charge in [0.25, 0.3) is 0 Å². The molecule has 0 atom stereocenters. The summed E-state index contributed by atoms with van der Waals surface area (Å²) in [4.78, 5) is 2.46. The van der Waals surface area contributed by atoms with E-state index in [4.69, 9.17) is 0 Å². The molecule has 0 fully saturated rings. The SMILES string of the molecule is CC1(C)c2ccccc2-c2ccc(N(c3ccc(-c4ccc5cccc6c5c4-c4cc(-c5ccccc5)ccc4C6(C)C)cc3)c3cccc4ccccc34)cc21. The van der Waals surface area contributed by atoms with Crippen molar-refractivity contribution in [3.63, 3.8) is 0 Å². The zero-order chi connectivity index (χ0) is 38.5. The molecule has 0 saturated heterocycles. The lowest BCUT2D eigenvalue weighted by molar-refractivity contribution is 0.645. The molecule has 0 aromatic heterocycles. The molecule has 2 aliphatic rings. The summed E-state index contributed by atoms with van der Waals surface area (Å²) in [5.41, 5.74) is 19.0. The summed E-state index contributed by atoms with van der Waals surface area (Å²) in [5, 5.41) is 5.11. The lowest BCUT2D eigenvalue weighted by atomic mass is 9.67. The van der Waals surface area contributed by atoms with Gasteiger partial charge in [0, 0.05) is 27.6 Å². The van der Waals surface area contributed by atoms with Crippen LogP contribution in [0.25, 0.3) is 66.1 Å². The number of nitrogens with zero attached hydrogens (tertiary/aromatic N) is 1. The molecule has 1 heteroatoms. The first-order valence-electron chi connectivity index (χ1n) is 20.2. The molecule has 0 heterocycles. The number of hydrogen-bond acceptors (Lipinski definition) is 1. The number of hydrogen-bond donors (Lipinski definition) is 0. The quantitative estimate of drug-likeness (QED) is 0.170. The third-order valence-electron chi connectivity index (χ3n) is 13.1. The predicted molar refractivity (Wildman–Crippen MR) is 242 cm³/mol. The highest BCUT2D eigenvalue weighted by atomic mass is 15.1. The fraction of sp³-hybridized carbons (Fsp3) is 0.107. The summed E-state index contributed by atoms with van der Waals surface area (Å²) >= 11 is 0. The molecule has 0 bridgehead atoms. The molecule has 0 unspecified atom stereocenters. The largest absolute Gasteiger partial charge is 0.310 e. The summed E-state index contributed by atoms with van der Waals surface area (Å²) in [5.74, 6) is 0. The Kier molecular flexibility index (Phi) is 7.32. The van der Waals surface area contributed by atoms with Crippen LogP contribution in [0.4, 0.5) is 17.1 Å². The summed E-state index contributed by atoms with van der Waals surface area (Å²) in [7, 11) is 0. The van der Waals surface area contributed by atoms with Crippen LogP contribution in [0.3, 0.4) is 0 Å². The first-order chi connectivity index (χ1) is 27.8. The number of rotatable bonds is 5. The number of anilines is 3. The van der Waals surface area contributed by atoms with E-state index in [0.717, 1.165) is 11.4 Å². The maximum atomic E-state index is 2.46. The van der Waals surface area contributed by atoms with Gasteiger partial charge in [0.15, 0.2) is 0 Å². The molecule has 9 aromatic carbocycles. The lowest BCUT2D eigenvalue weighted by Crippen LogP contribution is -2.24. The van der Waals surface area contributed by atoms with Gasteiger partial charge in [-0.15, -0.1) is 0 Å². The summed E-state index contributed by atoms with van der Waals surface area (Å²) in [6.07, 6.45) is 0. The van der Waals surface area contributed by atoms with E-state index in [1.54, 1.807) is 0 Å². The summed E-state index contributed by atoms with van der Waals surface area (Å²) in [6.45, 7) is 9.49. The minimum atomic E-state index is -0.135. The molecule has 57 heavy (non-hydrogen) atoms. The molecule has 0 aliphatic heterocycles. The first kappa shape index (κ1) is 33.6. The predicted octanol–water partition coefficient (Wildman–Crippen LogP) is 15.4. The third-order valence-corrected chi connectivity index (χ3v) is 13.1. The topological polar surface area (TPSA) is 3.24 Å². The molecule has 0 radical (unpaired) electrons. The van der Waals surface area contributed by atoms with E-state index in [9.17, 15) is 0 Å². The van der Waals surface area contributed by atoms with Crippen LogP contribution in [-0.4, -0.2) is 0 Å². The van der Waals surface area contributed by atoms with Gasteiger partial charge in [0.05, 0.1) is 5.69 Å². The van der Waals surface area contributed by atoms with Gasteiger partial charge in [-0.3, -0.25) is 0 Å². The Hall–Kier alpha value is -6.70. The average Bonchev–Trinajstić information content (AvgIpc) is 3.48. The van der Waals surface area contributed by atoms with Crippen LogP contribution in [0, 0.1) is 0 Å². The fourth-order valence-corrected chi connectivity index (χ4v) is 10.1. The van der Waals surface area contributed by atoms with Crippen molar-refractivity contribution in [2.75, 3.05) is 4.90 Å². The number of fused-ring (bicyclic) bond motifs is 6. The third kappa shape index (κ3) is 5.02. The van der Waals surface area contributed by atoms with Crippen molar-refractivity contribution in [2.24, 2.45) is 0 Å². The monoisotopic (exact) mass is 729 g/mol. The second kappa shape index (κ2) is 12.4. The Bertz CT molecular complexity index is 3050. The van der Waals surface area contributed by atoms with Gasteiger partial charge in [-0.25, -0.2) is 0 Å². The van der Waals surface area contributed by atoms with E-state index < -0.39 is 0 Å². The van der Waals surface area contributed by atoms with E-state index in [1.807, 2.05) is 0 Å². The molecule has 2 aliphatic carbocycles. The van der Waals surface area contributed by atoms with Crippen LogP contribution in [0.15, 0.2) is 188 Å². The van der Waals surface area contributed by atoms with E-state index in [0.29, 0.717) is 0 Å². The molecule has 0 amide bonds. The zero-order valence-corrected chi connectivity index (χ0v) is 32.8. The molecule has 9 aromatic rings. The number of benzene rings is 9. The molecule has 11 rings (SSSR count). The van der Waals surface area contributed by atoms with Crippen LogP contribution >= 0.6 is 0 Å².